The Kier molecular flexibility index (Phi) is 3.62. The summed E-state index contributed by atoms with van der Waals surface area (Å²) in [6.07, 6.45) is -2.04. The number of carbonyl (C=O) groups excluding carboxylic acids is 1. The highest BCUT2D eigenvalue weighted by molar-refractivity contribution is 9.08. The Labute approximate surface area is 86.3 Å². The molecule has 0 aromatic carbocycles. The number of pyridine rings is 1. The van der Waals surface area contributed by atoms with Crippen molar-refractivity contribution in [2.45, 2.75) is 11.8 Å². The van der Waals surface area contributed by atoms with Crippen molar-refractivity contribution in [1.29, 1.82) is 0 Å². The summed E-state index contributed by atoms with van der Waals surface area (Å²) in [5.41, 5.74) is -1.15. The summed E-state index contributed by atoms with van der Waals surface area (Å²) in [5, 5.41) is 0.140. The molecule has 0 saturated heterocycles. The van der Waals surface area contributed by atoms with Crippen molar-refractivity contribution in [3.05, 3.63) is 28.8 Å². The van der Waals surface area contributed by atoms with Gasteiger partial charge < -0.3 is 0 Å². The highest BCUT2D eigenvalue weighted by atomic mass is 79.9. The quantitative estimate of drug-likeness (QED) is 0.623. The van der Waals surface area contributed by atoms with Gasteiger partial charge in [0, 0.05) is 11.5 Å². The van der Waals surface area contributed by atoms with E-state index < -0.39 is 23.4 Å². The van der Waals surface area contributed by atoms with Crippen LogP contribution in [0.25, 0.3) is 0 Å². The normalized spacial score (nSPS) is 10.6. The highest BCUT2D eigenvalue weighted by Gasteiger charge is 2.19. The second kappa shape index (κ2) is 4.54. The van der Waals surface area contributed by atoms with Gasteiger partial charge >= 0.3 is 0 Å². The van der Waals surface area contributed by atoms with Gasteiger partial charge in [-0.15, -0.1) is 0 Å². The molecule has 2 nitrogen and oxygen atoms in total. The van der Waals surface area contributed by atoms with E-state index in [4.69, 9.17) is 0 Å². The van der Waals surface area contributed by atoms with Crippen LogP contribution in [0.1, 0.15) is 28.0 Å². The first-order valence-electron chi connectivity index (χ1n) is 3.58. The van der Waals surface area contributed by atoms with E-state index in [1.807, 2.05) is 0 Å². The van der Waals surface area contributed by atoms with Crippen molar-refractivity contribution in [3.63, 3.8) is 0 Å². The maximum Gasteiger partial charge on any atom is 0.268 e. The number of rotatable bonds is 3. The number of alkyl halides is 3. The molecule has 0 aliphatic rings. The maximum absolute atomic E-state index is 13.2. The minimum atomic E-state index is -2.97. The summed E-state index contributed by atoms with van der Waals surface area (Å²) in [6, 6.07) is 0. The molecule has 0 bridgehead atoms. The van der Waals surface area contributed by atoms with E-state index in [1.54, 1.807) is 0 Å². The number of hydrogen-bond donors (Lipinski definition) is 0. The van der Waals surface area contributed by atoms with Crippen molar-refractivity contribution >= 4 is 22.2 Å². The predicted molar refractivity (Wildman–Crippen MR) is 47.2 cm³/mol. The lowest BCUT2D eigenvalue weighted by Crippen LogP contribution is -2.03. The monoisotopic (exact) mass is 267 g/mol. The fourth-order valence-electron chi connectivity index (χ4n) is 0.934. The van der Waals surface area contributed by atoms with Gasteiger partial charge in [-0.1, -0.05) is 15.9 Å². The average Bonchev–Trinajstić information content (AvgIpc) is 2.16. The molecule has 1 rings (SSSR count). The van der Waals surface area contributed by atoms with E-state index in [0.717, 1.165) is 6.20 Å². The molecule has 1 aromatic heterocycles. The predicted octanol–water partition coefficient (Wildman–Crippen LogP) is 2.87. The van der Waals surface area contributed by atoms with Crippen molar-refractivity contribution < 1.29 is 18.0 Å². The van der Waals surface area contributed by atoms with E-state index in [9.17, 15) is 18.0 Å². The SMILES string of the molecule is O=Cc1c(CBr)ncc(C(F)F)c1F. The van der Waals surface area contributed by atoms with E-state index in [2.05, 4.69) is 20.9 Å². The minimum absolute atomic E-state index is 0.113. The standard InChI is InChI=1S/C8H5BrF3NO/c9-1-6-5(3-14)7(10)4(2-13-6)8(11)12/h2-3,8H,1H2. The van der Waals surface area contributed by atoms with Crippen LogP contribution in [0.15, 0.2) is 6.20 Å². The summed E-state index contributed by atoms with van der Waals surface area (Å²) in [7, 11) is 0. The number of nitrogens with zero attached hydrogens (tertiary/aromatic N) is 1. The molecular formula is C8H5BrF3NO. The molecule has 0 saturated carbocycles. The van der Waals surface area contributed by atoms with Gasteiger partial charge in [-0.25, -0.2) is 13.2 Å². The Morgan fingerprint density at radius 3 is 2.64 bits per heavy atom. The average molecular weight is 268 g/mol. The summed E-state index contributed by atoms with van der Waals surface area (Å²) in [5.74, 6) is -1.19. The molecule has 0 unspecified atom stereocenters. The van der Waals surface area contributed by atoms with Crippen LogP contribution in [-0.4, -0.2) is 11.3 Å². The Hall–Kier alpha value is -0.910. The molecular weight excluding hydrogens is 263 g/mol. The van der Waals surface area contributed by atoms with Crippen molar-refractivity contribution in [2.75, 3.05) is 0 Å². The molecule has 0 spiro atoms. The fraction of sp³-hybridized carbons (Fsp3) is 0.250. The van der Waals surface area contributed by atoms with Crippen LogP contribution in [0.2, 0.25) is 0 Å². The molecule has 14 heavy (non-hydrogen) atoms. The zero-order chi connectivity index (χ0) is 10.7. The van der Waals surface area contributed by atoms with E-state index in [0.29, 0.717) is 0 Å². The van der Waals surface area contributed by atoms with Gasteiger partial charge in [0.2, 0.25) is 0 Å². The summed E-state index contributed by atoms with van der Waals surface area (Å²) >= 11 is 2.97. The highest BCUT2D eigenvalue weighted by Crippen LogP contribution is 2.24. The van der Waals surface area contributed by atoms with Gasteiger partial charge in [0.15, 0.2) is 6.29 Å². The number of carbonyl (C=O) groups is 1. The summed E-state index contributed by atoms with van der Waals surface area (Å²) in [6.45, 7) is 0. The second-order valence-electron chi connectivity index (χ2n) is 2.44. The Morgan fingerprint density at radius 2 is 2.21 bits per heavy atom. The minimum Gasteiger partial charge on any atom is -0.298 e. The lowest BCUT2D eigenvalue weighted by molar-refractivity contribution is 0.111. The van der Waals surface area contributed by atoms with Gasteiger partial charge in [0.1, 0.15) is 5.82 Å². The molecule has 1 heterocycles. The van der Waals surface area contributed by atoms with Crippen molar-refractivity contribution in [3.8, 4) is 0 Å². The van der Waals surface area contributed by atoms with Crippen LogP contribution in [0.4, 0.5) is 13.2 Å². The van der Waals surface area contributed by atoms with E-state index in [-0.39, 0.29) is 17.3 Å². The van der Waals surface area contributed by atoms with Gasteiger partial charge in [0.05, 0.1) is 16.8 Å². The third-order valence-electron chi connectivity index (χ3n) is 1.64. The molecule has 0 fully saturated rings. The number of hydrogen-bond acceptors (Lipinski definition) is 2. The van der Waals surface area contributed by atoms with Crippen LogP contribution >= 0.6 is 15.9 Å². The Balaban J connectivity index is 3.34. The van der Waals surface area contributed by atoms with Crippen LogP contribution in [0, 0.1) is 5.82 Å². The number of aromatic nitrogens is 1. The lowest BCUT2D eigenvalue weighted by Gasteiger charge is -2.06. The van der Waals surface area contributed by atoms with Gasteiger partial charge in [-0.2, -0.15) is 0 Å². The molecule has 0 N–H and O–H groups in total. The van der Waals surface area contributed by atoms with Gasteiger partial charge in [0.25, 0.3) is 6.43 Å². The Bertz CT molecular complexity index is 357. The first-order chi connectivity index (χ1) is 6.61. The van der Waals surface area contributed by atoms with Gasteiger partial charge in [-0.05, 0) is 0 Å². The molecule has 1 aromatic rings. The molecule has 0 radical (unpaired) electrons. The van der Waals surface area contributed by atoms with Crippen molar-refractivity contribution in [2.24, 2.45) is 0 Å². The smallest absolute Gasteiger partial charge is 0.268 e. The van der Waals surface area contributed by atoms with Crippen LogP contribution in [0.5, 0.6) is 0 Å². The van der Waals surface area contributed by atoms with Crippen molar-refractivity contribution in [1.82, 2.24) is 4.98 Å². The lowest BCUT2D eigenvalue weighted by atomic mass is 10.1. The molecule has 0 aliphatic carbocycles. The van der Waals surface area contributed by atoms with Crippen LogP contribution < -0.4 is 0 Å². The maximum atomic E-state index is 13.2. The number of halogens is 4. The second-order valence-corrected chi connectivity index (χ2v) is 3.00. The largest absolute Gasteiger partial charge is 0.298 e. The third-order valence-corrected chi connectivity index (χ3v) is 2.17. The Morgan fingerprint density at radius 1 is 1.57 bits per heavy atom. The summed E-state index contributed by atoms with van der Waals surface area (Å²) < 4.78 is 37.5. The fourth-order valence-corrected chi connectivity index (χ4v) is 1.38. The topological polar surface area (TPSA) is 30.0 Å². The van der Waals surface area contributed by atoms with Crippen LogP contribution in [0.3, 0.4) is 0 Å². The molecule has 6 heteroatoms. The molecule has 0 aliphatic heterocycles. The first kappa shape index (κ1) is 11.2. The van der Waals surface area contributed by atoms with E-state index in [1.165, 1.54) is 0 Å². The third kappa shape index (κ3) is 1.95. The molecule has 0 amide bonds. The van der Waals surface area contributed by atoms with E-state index >= 15 is 0 Å². The zero-order valence-electron chi connectivity index (χ0n) is 6.81. The van der Waals surface area contributed by atoms with Gasteiger partial charge in [-0.3, -0.25) is 9.78 Å². The first-order valence-corrected chi connectivity index (χ1v) is 4.70. The molecule has 0 atom stereocenters. The summed E-state index contributed by atoms with van der Waals surface area (Å²) in [4.78, 5) is 14.0. The molecule has 76 valence electrons. The van der Waals surface area contributed by atoms with Crippen LogP contribution in [-0.2, 0) is 5.33 Å². The number of aldehydes is 1. The zero-order valence-corrected chi connectivity index (χ0v) is 8.39.